The molecule has 1 N–H and O–H groups in total. The van der Waals surface area contributed by atoms with Crippen molar-refractivity contribution in [2.24, 2.45) is 7.05 Å². The number of benzene rings is 2. The summed E-state index contributed by atoms with van der Waals surface area (Å²) in [5.74, 6) is 0.300. The summed E-state index contributed by atoms with van der Waals surface area (Å²) >= 11 is 0. The van der Waals surface area contributed by atoms with Crippen LogP contribution < -0.4 is 5.32 Å². The number of imidazole rings is 1. The molecule has 0 unspecified atom stereocenters. The molecular formula is C24H24FN5O. The molecule has 0 saturated heterocycles. The van der Waals surface area contributed by atoms with Gasteiger partial charge in [0.05, 0.1) is 22.4 Å². The van der Waals surface area contributed by atoms with Crippen molar-refractivity contribution in [3.05, 3.63) is 83.2 Å². The van der Waals surface area contributed by atoms with Crippen LogP contribution in [-0.2, 0) is 18.3 Å². The van der Waals surface area contributed by atoms with E-state index in [4.69, 9.17) is 0 Å². The Bertz CT molecular complexity index is 1270. The molecular weight excluding hydrogens is 393 g/mol. The highest BCUT2D eigenvalue weighted by molar-refractivity contribution is 5.92. The number of rotatable bonds is 6. The molecule has 0 aliphatic heterocycles. The van der Waals surface area contributed by atoms with Crippen LogP contribution >= 0.6 is 0 Å². The molecule has 2 heterocycles. The van der Waals surface area contributed by atoms with Gasteiger partial charge in [0.1, 0.15) is 11.6 Å². The summed E-state index contributed by atoms with van der Waals surface area (Å²) in [6.07, 6.45) is 3.87. The van der Waals surface area contributed by atoms with E-state index >= 15 is 0 Å². The van der Waals surface area contributed by atoms with Crippen LogP contribution in [0.25, 0.3) is 22.8 Å². The molecule has 0 radical (unpaired) electrons. The Morgan fingerprint density at radius 1 is 1.16 bits per heavy atom. The number of nitrogens with zero attached hydrogens (tertiary/aromatic N) is 4. The number of hydrogen-bond acceptors (Lipinski definition) is 3. The van der Waals surface area contributed by atoms with Crippen LogP contribution in [0.2, 0.25) is 0 Å². The molecule has 0 saturated carbocycles. The highest BCUT2D eigenvalue weighted by Crippen LogP contribution is 2.19. The minimum absolute atomic E-state index is 0.184. The molecule has 2 aromatic heterocycles. The van der Waals surface area contributed by atoms with Crippen molar-refractivity contribution >= 4 is 23.0 Å². The summed E-state index contributed by atoms with van der Waals surface area (Å²) in [7, 11) is 1.89. The van der Waals surface area contributed by atoms with Gasteiger partial charge in [-0.1, -0.05) is 18.2 Å². The first-order valence-electron chi connectivity index (χ1n) is 10.1. The second-order valence-electron chi connectivity index (χ2n) is 7.43. The quantitative estimate of drug-likeness (QED) is 0.484. The number of carbonyl (C=O) groups excluding carboxylic acids is 1. The lowest BCUT2D eigenvalue weighted by Crippen LogP contribution is -2.24. The van der Waals surface area contributed by atoms with Crippen molar-refractivity contribution in [3.8, 4) is 5.69 Å². The van der Waals surface area contributed by atoms with Gasteiger partial charge in [-0.05, 0) is 44.2 Å². The summed E-state index contributed by atoms with van der Waals surface area (Å²) in [6.45, 7) is 4.35. The average Bonchev–Trinajstić information content (AvgIpc) is 3.22. The van der Waals surface area contributed by atoms with Crippen molar-refractivity contribution < 1.29 is 9.18 Å². The molecule has 0 aliphatic rings. The predicted molar refractivity (Wildman–Crippen MR) is 119 cm³/mol. The smallest absolute Gasteiger partial charge is 0.244 e. The Morgan fingerprint density at radius 3 is 2.71 bits per heavy atom. The molecule has 0 spiro atoms. The first kappa shape index (κ1) is 20.5. The first-order valence-corrected chi connectivity index (χ1v) is 10.1. The molecule has 0 aliphatic carbocycles. The Kier molecular flexibility index (Phi) is 5.66. The zero-order valence-corrected chi connectivity index (χ0v) is 17.8. The summed E-state index contributed by atoms with van der Waals surface area (Å²) < 4.78 is 17.2. The van der Waals surface area contributed by atoms with E-state index < -0.39 is 0 Å². The van der Waals surface area contributed by atoms with Crippen molar-refractivity contribution in [2.45, 2.75) is 20.3 Å². The van der Waals surface area contributed by atoms with Gasteiger partial charge in [0.2, 0.25) is 5.91 Å². The molecule has 0 bridgehead atoms. The van der Waals surface area contributed by atoms with Gasteiger partial charge >= 0.3 is 0 Å². The predicted octanol–water partition coefficient (Wildman–Crippen LogP) is 3.89. The van der Waals surface area contributed by atoms with Crippen molar-refractivity contribution in [2.75, 3.05) is 6.54 Å². The summed E-state index contributed by atoms with van der Waals surface area (Å²) in [6, 6.07) is 14.4. The second-order valence-corrected chi connectivity index (χ2v) is 7.43. The minimum atomic E-state index is -0.309. The number of amides is 1. The van der Waals surface area contributed by atoms with E-state index in [2.05, 4.69) is 15.4 Å². The second kappa shape index (κ2) is 8.55. The molecule has 158 valence electrons. The SMILES string of the molecule is Cc1nn(-c2ccccc2)c(C)c1C=CC(=O)NCCc1nc2cc(F)ccc2n1C. The van der Waals surface area contributed by atoms with Gasteiger partial charge in [0.15, 0.2) is 0 Å². The highest BCUT2D eigenvalue weighted by Gasteiger charge is 2.11. The maximum Gasteiger partial charge on any atom is 0.244 e. The average molecular weight is 417 g/mol. The summed E-state index contributed by atoms with van der Waals surface area (Å²) in [4.78, 5) is 16.8. The Labute approximate surface area is 180 Å². The van der Waals surface area contributed by atoms with Crippen LogP contribution in [0, 0.1) is 19.7 Å². The zero-order valence-electron chi connectivity index (χ0n) is 17.8. The summed E-state index contributed by atoms with van der Waals surface area (Å²) in [5, 5.41) is 7.47. The van der Waals surface area contributed by atoms with E-state index in [-0.39, 0.29) is 11.7 Å². The Hall–Kier alpha value is -3.74. The van der Waals surface area contributed by atoms with Crippen LogP contribution in [0.15, 0.2) is 54.6 Å². The van der Waals surface area contributed by atoms with Gasteiger partial charge < -0.3 is 9.88 Å². The molecule has 4 rings (SSSR count). The van der Waals surface area contributed by atoms with Gasteiger partial charge in [0, 0.05) is 43.4 Å². The molecule has 0 fully saturated rings. The maximum absolute atomic E-state index is 13.4. The van der Waals surface area contributed by atoms with Gasteiger partial charge in [0.25, 0.3) is 0 Å². The van der Waals surface area contributed by atoms with Crippen LogP contribution in [-0.4, -0.2) is 31.8 Å². The van der Waals surface area contributed by atoms with Gasteiger partial charge in [-0.3, -0.25) is 4.79 Å². The Balaban J connectivity index is 1.40. The fourth-order valence-corrected chi connectivity index (χ4v) is 3.68. The highest BCUT2D eigenvalue weighted by atomic mass is 19.1. The van der Waals surface area contributed by atoms with E-state index in [9.17, 15) is 9.18 Å². The number of halogens is 1. The molecule has 0 atom stereocenters. The number of nitrogens with one attached hydrogen (secondary N) is 1. The lowest BCUT2D eigenvalue weighted by Gasteiger charge is -2.04. The third kappa shape index (κ3) is 4.26. The topological polar surface area (TPSA) is 64.7 Å². The number of hydrogen-bond donors (Lipinski definition) is 1. The maximum atomic E-state index is 13.4. The minimum Gasteiger partial charge on any atom is -0.352 e. The van der Waals surface area contributed by atoms with Crippen LogP contribution in [0.1, 0.15) is 22.8 Å². The Morgan fingerprint density at radius 2 is 1.94 bits per heavy atom. The molecule has 4 aromatic rings. The number of fused-ring (bicyclic) bond motifs is 1. The standard InChI is InChI=1S/C24H24FN5O/c1-16-20(17(2)30(28-16)19-7-5-4-6-8-19)10-12-24(31)26-14-13-23-27-21-15-18(25)9-11-22(21)29(23)3/h4-12,15H,13-14H2,1-3H3,(H,26,31). The monoisotopic (exact) mass is 417 g/mol. The van der Waals surface area contributed by atoms with Gasteiger partial charge in [-0.2, -0.15) is 5.10 Å². The largest absolute Gasteiger partial charge is 0.352 e. The van der Waals surface area contributed by atoms with Crippen LogP contribution in [0.5, 0.6) is 0 Å². The van der Waals surface area contributed by atoms with Gasteiger partial charge in [-0.15, -0.1) is 0 Å². The number of aryl methyl sites for hydroxylation is 2. The number of carbonyl (C=O) groups is 1. The van der Waals surface area contributed by atoms with Crippen molar-refractivity contribution in [3.63, 3.8) is 0 Å². The lowest BCUT2D eigenvalue weighted by atomic mass is 10.2. The molecule has 1 amide bonds. The normalized spacial score (nSPS) is 11.5. The lowest BCUT2D eigenvalue weighted by molar-refractivity contribution is -0.116. The molecule has 31 heavy (non-hydrogen) atoms. The summed E-state index contributed by atoms with van der Waals surface area (Å²) in [5.41, 5.74) is 5.22. The third-order valence-corrected chi connectivity index (χ3v) is 5.33. The van der Waals surface area contributed by atoms with Crippen LogP contribution in [0.4, 0.5) is 4.39 Å². The van der Waals surface area contributed by atoms with E-state index in [1.54, 1.807) is 12.1 Å². The fourth-order valence-electron chi connectivity index (χ4n) is 3.68. The fraction of sp³-hybridized carbons (Fsp3) is 0.208. The van der Waals surface area contributed by atoms with E-state index in [1.165, 1.54) is 18.2 Å². The van der Waals surface area contributed by atoms with Gasteiger partial charge in [-0.25, -0.2) is 14.1 Å². The van der Waals surface area contributed by atoms with E-state index in [1.807, 2.05) is 60.5 Å². The van der Waals surface area contributed by atoms with Crippen molar-refractivity contribution in [1.29, 1.82) is 0 Å². The third-order valence-electron chi connectivity index (χ3n) is 5.33. The molecule has 7 heteroatoms. The van der Waals surface area contributed by atoms with Crippen LogP contribution in [0.3, 0.4) is 0 Å². The number of para-hydroxylation sites is 1. The molecule has 2 aromatic carbocycles. The van der Waals surface area contributed by atoms with E-state index in [0.29, 0.717) is 18.5 Å². The zero-order chi connectivity index (χ0) is 22.0. The van der Waals surface area contributed by atoms with Crippen molar-refractivity contribution in [1.82, 2.24) is 24.6 Å². The van der Waals surface area contributed by atoms with E-state index in [0.717, 1.165) is 34.0 Å². The molecule has 6 nitrogen and oxygen atoms in total. The first-order chi connectivity index (χ1) is 14.9. The number of aromatic nitrogens is 4.